The van der Waals surface area contributed by atoms with Crippen LogP contribution in [-0.4, -0.2) is 45.2 Å². The van der Waals surface area contributed by atoms with E-state index in [-0.39, 0.29) is 16.9 Å². The fourth-order valence-corrected chi connectivity index (χ4v) is 2.66. The van der Waals surface area contributed by atoms with Gasteiger partial charge in [-0.25, -0.2) is 13.2 Å². The lowest BCUT2D eigenvalue weighted by atomic mass is 10.1. The first-order valence-corrected chi connectivity index (χ1v) is 9.48. The number of hydrogen-bond donors (Lipinski definition) is 1. The fourth-order valence-electron chi connectivity index (χ4n) is 2.15. The molecule has 0 aliphatic rings. The van der Waals surface area contributed by atoms with Crippen molar-refractivity contribution >= 4 is 27.5 Å². The molecule has 0 saturated heterocycles. The third-order valence-corrected chi connectivity index (χ3v) is 4.96. The van der Waals surface area contributed by atoms with Gasteiger partial charge in [0.25, 0.3) is 0 Å². The summed E-state index contributed by atoms with van der Waals surface area (Å²) in [7, 11) is -1.99. The number of phenols is 1. The van der Waals surface area contributed by atoms with Gasteiger partial charge in [0, 0.05) is 12.6 Å². The zero-order valence-corrected chi connectivity index (χ0v) is 15.4. The molecule has 1 N–H and O–H groups in total. The van der Waals surface area contributed by atoms with Crippen molar-refractivity contribution in [3.8, 4) is 5.75 Å². The minimum Gasteiger partial charge on any atom is -0.507 e. The summed E-state index contributed by atoms with van der Waals surface area (Å²) in [5.41, 5.74) is 1.44. The van der Waals surface area contributed by atoms with Gasteiger partial charge in [-0.05, 0) is 43.3 Å². The third kappa shape index (κ3) is 4.60. The summed E-state index contributed by atoms with van der Waals surface area (Å²) in [6, 6.07) is 10.4. The summed E-state index contributed by atoms with van der Waals surface area (Å²) < 4.78 is 29.0. The molecule has 0 aliphatic heterocycles. The first-order chi connectivity index (χ1) is 12.1. The lowest BCUT2D eigenvalue weighted by Gasteiger charge is -2.16. The van der Waals surface area contributed by atoms with Gasteiger partial charge in [-0.3, -0.25) is 9.10 Å². The summed E-state index contributed by atoms with van der Waals surface area (Å²) >= 11 is 0. The molecule has 0 spiro atoms. The number of aromatic hydroxyl groups is 1. The Labute approximate surface area is 151 Å². The maximum Gasteiger partial charge on any atom is 0.342 e. The van der Waals surface area contributed by atoms with Gasteiger partial charge in [0.05, 0.1) is 11.9 Å². The van der Waals surface area contributed by atoms with E-state index < -0.39 is 28.4 Å². The number of carbonyl (C=O) groups is 2. The van der Waals surface area contributed by atoms with Crippen LogP contribution in [0.4, 0.5) is 5.69 Å². The number of benzene rings is 2. The molecule has 2 rings (SSSR count). The zero-order valence-electron chi connectivity index (χ0n) is 14.6. The maximum absolute atomic E-state index is 12.1. The molecule has 0 heterocycles. The molecule has 0 radical (unpaired) electrons. The quantitative estimate of drug-likeness (QED) is 0.611. The maximum atomic E-state index is 12.1. The molecule has 7 nitrogen and oxygen atoms in total. The molecule has 138 valence electrons. The van der Waals surface area contributed by atoms with Crippen molar-refractivity contribution in [1.29, 1.82) is 0 Å². The molecular weight excluding hydrogens is 358 g/mol. The standard InChI is InChI=1S/C18H19NO6S/c1-12-4-9-16(20)15(10-12)18(22)25-11-17(21)13-5-7-14(8-6-13)19(2)26(3,23)24/h4-10,20H,11H2,1-3H3. The predicted octanol–water partition coefficient (Wildman–Crippen LogP) is 2.14. The number of esters is 1. The number of Topliss-reactive ketones (excluding diaryl/α,β-unsaturated/α-hetero) is 1. The van der Waals surface area contributed by atoms with Gasteiger partial charge < -0.3 is 9.84 Å². The van der Waals surface area contributed by atoms with Gasteiger partial charge in [0.15, 0.2) is 12.4 Å². The number of carbonyl (C=O) groups excluding carboxylic acids is 2. The number of anilines is 1. The summed E-state index contributed by atoms with van der Waals surface area (Å²) in [4.78, 5) is 24.1. The monoisotopic (exact) mass is 377 g/mol. The number of ether oxygens (including phenoxy) is 1. The highest BCUT2D eigenvalue weighted by molar-refractivity contribution is 7.92. The molecule has 8 heteroatoms. The van der Waals surface area contributed by atoms with Crippen LogP contribution in [-0.2, 0) is 14.8 Å². The number of sulfonamides is 1. The summed E-state index contributed by atoms with van der Waals surface area (Å²) in [6.45, 7) is 1.27. The second-order valence-electron chi connectivity index (χ2n) is 5.80. The van der Waals surface area contributed by atoms with Gasteiger partial charge in [-0.15, -0.1) is 0 Å². The van der Waals surface area contributed by atoms with Crippen LogP contribution in [0.3, 0.4) is 0 Å². The summed E-state index contributed by atoms with van der Waals surface area (Å²) in [6.07, 6.45) is 1.08. The van der Waals surface area contributed by atoms with E-state index in [9.17, 15) is 23.1 Å². The first kappa shape index (κ1) is 19.5. The van der Waals surface area contributed by atoms with E-state index in [1.807, 2.05) is 0 Å². The number of phenolic OH excluding ortho intramolecular Hbond substituents is 1. The Kier molecular flexibility index (Phi) is 5.66. The molecule has 0 aromatic heterocycles. The van der Waals surface area contributed by atoms with Gasteiger partial charge >= 0.3 is 5.97 Å². The van der Waals surface area contributed by atoms with Crippen LogP contribution in [0.25, 0.3) is 0 Å². The number of hydrogen-bond acceptors (Lipinski definition) is 6. The highest BCUT2D eigenvalue weighted by Crippen LogP contribution is 2.20. The summed E-state index contributed by atoms with van der Waals surface area (Å²) in [5, 5.41) is 9.70. The van der Waals surface area contributed by atoms with Crippen LogP contribution in [0, 0.1) is 6.92 Å². The van der Waals surface area contributed by atoms with Crippen molar-refractivity contribution in [3.05, 3.63) is 59.2 Å². The number of rotatable bonds is 6. The molecule has 2 aromatic carbocycles. The van der Waals surface area contributed by atoms with E-state index in [2.05, 4.69) is 0 Å². The van der Waals surface area contributed by atoms with E-state index in [0.717, 1.165) is 16.1 Å². The van der Waals surface area contributed by atoms with Crippen molar-refractivity contribution in [2.24, 2.45) is 0 Å². The smallest absolute Gasteiger partial charge is 0.342 e. The van der Waals surface area contributed by atoms with Crippen LogP contribution < -0.4 is 4.31 Å². The van der Waals surface area contributed by atoms with Crippen LogP contribution in [0.5, 0.6) is 5.75 Å². The van der Waals surface area contributed by atoms with E-state index >= 15 is 0 Å². The Bertz CT molecular complexity index is 935. The molecule has 2 aromatic rings. The van der Waals surface area contributed by atoms with Crippen molar-refractivity contribution in [2.75, 3.05) is 24.2 Å². The van der Waals surface area contributed by atoms with E-state index in [4.69, 9.17) is 4.74 Å². The molecule has 0 bridgehead atoms. The Hall–Kier alpha value is -2.87. The molecule has 0 fully saturated rings. The topological polar surface area (TPSA) is 101 Å². The molecule has 0 atom stereocenters. The lowest BCUT2D eigenvalue weighted by Crippen LogP contribution is -2.24. The first-order valence-electron chi connectivity index (χ1n) is 7.63. The summed E-state index contributed by atoms with van der Waals surface area (Å²) in [5.74, 6) is -1.46. The Balaban J connectivity index is 2.04. The van der Waals surface area contributed by atoms with E-state index in [0.29, 0.717) is 5.69 Å². The normalized spacial score (nSPS) is 11.0. The largest absolute Gasteiger partial charge is 0.507 e. The second-order valence-corrected chi connectivity index (χ2v) is 7.81. The van der Waals surface area contributed by atoms with Crippen LogP contribution in [0.1, 0.15) is 26.3 Å². The SMILES string of the molecule is Cc1ccc(O)c(C(=O)OCC(=O)c2ccc(N(C)S(C)(=O)=O)cc2)c1. The van der Waals surface area contributed by atoms with Crippen molar-refractivity contribution in [1.82, 2.24) is 0 Å². The van der Waals surface area contributed by atoms with Gasteiger partial charge in [-0.1, -0.05) is 11.6 Å². The average Bonchev–Trinajstić information content (AvgIpc) is 2.60. The van der Waals surface area contributed by atoms with Crippen LogP contribution in [0.15, 0.2) is 42.5 Å². The zero-order chi connectivity index (χ0) is 19.5. The Morgan fingerprint density at radius 1 is 1.12 bits per heavy atom. The number of ketones is 1. The minimum absolute atomic E-state index is 0.0112. The van der Waals surface area contributed by atoms with Crippen molar-refractivity contribution in [3.63, 3.8) is 0 Å². The molecular formula is C18H19NO6S. The molecule has 0 saturated carbocycles. The average molecular weight is 377 g/mol. The van der Waals surface area contributed by atoms with Gasteiger partial charge in [0.1, 0.15) is 11.3 Å². The number of aryl methyl sites for hydroxylation is 1. The van der Waals surface area contributed by atoms with E-state index in [1.165, 1.54) is 43.4 Å². The van der Waals surface area contributed by atoms with Crippen LogP contribution >= 0.6 is 0 Å². The predicted molar refractivity (Wildman–Crippen MR) is 97.1 cm³/mol. The minimum atomic E-state index is -3.39. The van der Waals surface area contributed by atoms with Crippen molar-refractivity contribution in [2.45, 2.75) is 6.92 Å². The Morgan fingerprint density at radius 3 is 2.31 bits per heavy atom. The lowest BCUT2D eigenvalue weighted by molar-refractivity contribution is 0.0471. The molecule has 0 amide bonds. The molecule has 0 aliphatic carbocycles. The second kappa shape index (κ2) is 7.57. The van der Waals surface area contributed by atoms with Crippen molar-refractivity contribution < 1.29 is 27.9 Å². The molecule has 0 unspecified atom stereocenters. The third-order valence-electron chi connectivity index (χ3n) is 3.76. The highest BCUT2D eigenvalue weighted by atomic mass is 32.2. The van der Waals surface area contributed by atoms with Crippen LogP contribution in [0.2, 0.25) is 0 Å². The fraction of sp³-hybridized carbons (Fsp3) is 0.222. The van der Waals surface area contributed by atoms with Gasteiger partial charge in [-0.2, -0.15) is 0 Å². The Morgan fingerprint density at radius 2 is 1.73 bits per heavy atom. The highest BCUT2D eigenvalue weighted by Gasteiger charge is 2.16. The molecule has 26 heavy (non-hydrogen) atoms. The van der Waals surface area contributed by atoms with E-state index in [1.54, 1.807) is 13.0 Å². The number of nitrogens with zero attached hydrogens (tertiary/aromatic N) is 1. The van der Waals surface area contributed by atoms with Gasteiger partial charge in [0.2, 0.25) is 10.0 Å².